The van der Waals surface area contributed by atoms with Crippen LogP contribution in [0.1, 0.15) is 17.0 Å². The van der Waals surface area contributed by atoms with Gasteiger partial charge in [0.25, 0.3) is 0 Å². The van der Waals surface area contributed by atoms with Gasteiger partial charge in [0.15, 0.2) is 5.16 Å². The summed E-state index contributed by atoms with van der Waals surface area (Å²) in [4.78, 5) is 12.5. The summed E-state index contributed by atoms with van der Waals surface area (Å²) in [5.41, 5.74) is 2.88. The number of nitrogens with one attached hydrogen (secondary N) is 1. The van der Waals surface area contributed by atoms with Gasteiger partial charge < -0.3 is 10.1 Å². The van der Waals surface area contributed by atoms with Crippen molar-refractivity contribution < 1.29 is 9.53 Å². The molecule has 0 bridgehead atoms. The molecule has 0 spiro atoms. The third kappa shape index (κ3) is 6.57. The maximum absolute atomic E-state index is 12.5. The highest BCUT2D eigenvalue weighted by atomic mass is 35.5. The summed E-state index contributed by atoms with van der Waals surface area (Å²) in [5.74, 6) is 1.57. The fraction of sp³-hybridized carbons (Fsp3) is 0.192. The molecule has 3 aromatic carbocycles. The second-order valence-corrected chi connectivity index (χ2v) is 9.48. The number of para-hydroxylation sites is 2. The van der Waals surface area contributed by atoms with Crippen molar-refractivity contribution in [2.24, 2.45) is 0 Å². The Balaban J connectivity index is 1.46. The van der Waals surface area contributed by atoms with Crippen LogP contribution in [0.5, 0.6) is 5.75 Å². The molecule has 6 nitrogen and oxygen atoms in total. The van der Waals surface area contributed by atoms with Crippen molar-refractivity contribution in [1.29, 1.82) is 0 Å². The summed E-state index contributed by atoms with van der Waals surface area (Å²) in [7, 11) is 1.63. The molecule has 0 unspecified atom stereocenters. The molecule has 1 aromatic heterocycles. The number of aromatic nitrogens is 3. The van der Waals surface area contributed by atoms with Crippen LogP contribution in [0.2, 0.25) is 10.0 Å². The van der Waals surface area contributed by atoms with Crippen LogP contribution in [0.3, 0.4) is 0 Å². The lowest BCUT2D eigenvalue weighted by atomic mass is 10.1. The first kappa shape index (κ1) is 25.1. The van der Waals surface area contributed by atoms with Crippen molar-refractivity contribution in [3.8, 4) is 11.4 Å². The zero-order valence-electron chi connectivity index (χ0n) is 19.1. The Labute approximate surface area is 218 Å². The number of carbonyl (C=O) groups is 1. The molecule has 0 radical (unpaired) electrons. The van der Waals surface area contributed by atoms with Crippen LogP contribution in [-0.2, 0) is 17.6 Å². The van der Waals surface area contributed by atoms with Crippen LogP contribution in [0.4, 0.5) is 0 Å². The Kier molecular flexibility index (Phi) is 8.69. The highest BCUT2D eigenvalue weighted by Crippen LogP contribution is 2.29. The predicted octanol–water partition coefficient (Wildman–Crippen LogP) is 5.62. The van der Waals surface area contributed by atoms with Crippen molar-refractivity contribution in [2.45, 2.75) is 18.0 Å². The predicted molar refractivity (Wildman–Crippen MR) is 141 cm³/mol. The van der Waals surface area contributed by atoms with Crippen LogP contribution in [-0.4, -0.2) is 40.1 Å². The molecule has 4 aromatic rings. The lowest BCUT2D eigenvalue weighted by Gasteiger charge is -2.14. The number of ether oxygens (including phenoxy) is 1. The summed E-state index contributed by atoms with van der Waals surface area (Å²) in [6.07, 6.45) is 1.21. The van der Waals surface area contributed by atoms with Crippen LogP contribution >= 0.6 is 35.0 Å². The topological polar surface area (TPSA) is 69.0 Å². The van der Waals surface area contributed by atoms with Gasteiger partial charge >= 0.3 is 0 Å². The molecule has 0 fully saturated rings. The van der Waals surface area contributed by atoms with Crippen LogP contribution in [0, 0.1) is 0 Å². The molecule has 4 rings (SSSR count). The third-order valence-electron chi connectivity index (χ3n) is 5.30. The Bertz CT molecular complexity index is 1300. The number of nitrogens with zero attached hydrogens (tertiary/aromatic N) is 3. The van der Waals surface area contributed by atoms with Gasteiger partial charge in [-0.2, -0.15) is 0 Å². The van der Waals surface area contributed by atoms with Crippen molar-refractivity contribution in [2.75, 3.05) is 19.4 Å². The van der Waals surface area contributed by atoms with Gasteiger partial charge in [-0.05, 0) is 41.8 Å². The maximum Gasteiger partial charge on any atom is 0.230 e. The van der Waals surface area contributed by atoms with Gasteiger partial charge in [0.2, 0.25) is 5.91 Å². The Hall–Kier alpha value is -3.00. The van der Waals surface area contributed by atoms with Gasteiger partial charge in [-0.3, -0.25) is 9.36 Å². The average molecular weight is 527 g/mol. The number of hydrogen-bond acceptors (Lipinski definition) is 5. The SMILES string of the molecule is COc1ccccc1-n1c(Cc2ccccc2)nnc1SCC(=O)NCCc1ccc(Cl)cc1Cl. The minimum absolute atomic E-state index is 0.0979. The first-order valence-corrected chi connectivity index (χ1v) is 12.7. The highest BCUT2D eigenvalue weighted by molar-refractivity contribution is 7.99. The van der Waals surface area contributed by atoms with E-state index in [9.17, 15) is 4.79 Å². The minimum Gasteiger partial charge on any atom is -0.495 e. The van der Waals surface area contributed by atoms with Gasteiger partial charge in [0, 0.05) is 23.0 Å². The van der Waals surface area contributed by atoms with E-state index in [1.165, 1.54) is 11.8 Å². The number of methoxy groups -OCH3 is 1. The first-order valence-electron chi connectivity index (χ1n) is 11.0. The van der Waals surface area contributed by atoms with Crippen LogP contribution < -0.4 is 10.1 Å². The standard InChI is InChI=1S/C26H24Cl2N4O2S/c1-34-23-10-6-5-9-22(23)32-24(15-18-7-3-2-4-8-18)30-31-26(32)35-17-25(33)29-14-13-19-11-12-20(27)16-21(19)28/h2-12,16H,13-15,17H2,1H3,(H,29,33). The van der Waals surface area contributed by atoms with E-state index in [1.807, 2.05) is 53.1 Å². The summed E-state index contributed by atoms with van der Waals surface area (Å²) >= 11 is 13.5. The molecule has 0 aliphatic heterocycles. The quantitative estimate of drug-likeness (QED) is 0.271. The number of carbonyl (C=O) groups excluding carboxylic acids is 1. The Morgan fingerprint density at radius 3 is 2.57 bits per heavy atom. The van der Waals surface area contributed by atoms with Gasteiger partial charge in [-0.1, -0.05) is 83.5 Å². The molecule has 0 saturated carbocycles. The van der Waals surface area contributed by atoms with Gasteiger partial charge in [0.05, 0.1) is 18.6 Å². The van der Waals surface area contributed by atoms with Crippen molar-refractivity contribution in [3.05, 3.63) is 99.8 Å². The fourth-order valence-corrected chi connectivity index (χ4v) is 4.88. The number of thioether (sulfide) groups is 1. The summed E-state index contributed by atoms with van der Waals surface area (Å²) in [5, 5.41) is 13.6. The molecule has 1 heterocycles. The largest absolute Gasteiger partial charge is 0.495 e. The number of benzene rings is 3. The van der Waals surface area contributed by atoms with Crippen molar-refractivity contribution in [1.82, 2.24) is 20.1 Å². The van der Waals surface area contributed by atoms with Crippen LogP contribution in [0.15, 0.2) is 78.0 Å². The molecular formula is C26H24Cl2N4O2S. The van der Waals surface area contributed by atoms with E-state index in [4.69, 9.17) is 27.9 Å². The molecule has 35 heavy (non-hydrogen) atoms. The van der Waals surface area contributed by atoms with Gasteiger partial charge in [-0.15, -0.1) is 10.2 Å². The lowest BCUT2D eigenvalue weighted by molar-refractivity contribution is -0.118. The number of hydrogen-bond donors (Lipinski definition) is 1. The van der Waals surface area contributed by atoms with E-state index in [-0.39, 0.29) is 11.7 Å². The third-order valence-corrected chi connectivity index (χ3v) is 6.81. The second kappa shape index (κ2) is 12.1. The van der Waals surface area contributed by atoms with Crippen molar-refractivity contribution in [3.63, 3.8) is 0 Å². The van der Waals surface area contributed by atoms with E-state index in [2.05, 4.69) is 27.6 Å². The van der Waals surface area contributed by atoms with E-state index < -0.39 is 0 Å². The number of amides is 1. The number of rotatable bonds is 10. The zero-order valence-corrected chi connectivity index (χ0v) is 21.4. The molecule has 0 aliphatic rings. The zero-order chi connectivity index (χ0) is 24.6. The molecule has 1 N–H and O–H groups in total. The van der Waals surface area contributed by atoms with E-state index in [1.54, 1.807) is 19.2 Å². The number of halogens is 2. The second-order valence-electron chi connectivity index (χ2n) is 7.69. The highest BCUT2D eigenvalue weighted by Gasteiger charge is 2.19. The molecular weight excluding hydrogens is 503 g/mol. The monoisotopic (exact) mass is 526 g/mol. The van der Waals surface area contributed by atoms with Crippen LogP contribution in [0.25, 0.3) is 5.69 Å². The lowest BCUT2D eigenvalue weighted by Crippen LogP contribution is -2.27. The van der Waals surface area contributed by atoms with Crippen molar-refractivity contribution >= 4 is 40.9 Å². The molecule has 0 aliphatic carbocycles. The van der Waals surface area contributed by atoms with Gasteiger partial charge in [0.1, 0.15) is 11.6 Å². The summed E-state index contributed by atoms with van der Waals surface area (Å²) in [6.45, 7) is 0.471. The first-order chi connectivity index (χ1) is 17.0. The van der Waals surface area contributed by atoms with E-state index in [0.29, 0.717) is 40.3 Å². The maximum atomic E-state index is 12.5. The van der Waals surface area contributed by atoms with Gasteiger partial charge in [-0.25, -0.2) is 0 Å². The molecule has 0 saturated heterocycles. The molecule has 9 heteroatoms. The minimum atomic E-state index is -0.0979. The Morgan fingerprint density at radius 2 is 1.80 bits per heavy atom. The molecule has 180 valence electrons. The molecule has 0 atom stereocenters. The average Bonchev–Trinajstić information content (AvgIpc) is 3.26. The Morgan fingerprint density at radius 1 is 1.03 bits per heavy atom. The molecule has 1 amide bonds. The normalized spacial score (nSPS) is 10.8. The fourth-order valence-electron chi connectivity index (χ4n) is 3.59. The van der Waals surface area contributed by atoms with E-state index in [0.717, 1.165) is 22.6 Å². The summed E-state index contributed by atoms with van der Waals surface area (Å²) in [6, 6.07) is 23.1. The smallest absolute Gasteiger partial charge is 0.230 e. The van der Waals surface area contributed by atoms with E-state index >= 15 is 0 Å². The summed E-state index contributed by atoms with van der Waals surface area (Å²) < 4.78 is 7.54.